The van der Waals surface area contributed by atoms with Crippen molar-refractivity contribution < 1.29 is 4.79 Å². The van der Waals surface area contributed by atoms with Gasteiger partial charge >= 0.3 is 0 Å². The highest BCUT2D eigenvalue weighted by atomic mass is 16.1. The van der Waals surface area contributed by atoms with E-state index in [2.05, 4.69) is 10.3 Å². The van der Waals surface area contributed by atoms with Crippen LogP contribution in [0.5, 0.6) is 0 Å². The second-order valence-corrected chi connectivity index (χ2v) is 3.54. The van der Waals surface area contributed by atoms with Gasteiger partial charge in [-0.1, -0.05) is 0 Å². The molecule has 0 saturated carbocycles. The van der Waals surface area contributed by atoms with Crippen LogP contribution in [0.3, 0.4) is 0 Å². The molecule has 0 spiro atoms. The lowest BCUT2D eigenvalue weighted by Crippen LogP contribution is -2.24. The highest BCUT2D eigenvalue weighted by molar-refractivity contribution is 5.92. The van der Waals surface area contributed by atoms with Crippen molar-refractivity contribution in [2.75, 3.05) is 0 Å². The number of amides is 1. The molecule has 2 aromatic rings. The Morgan fingerprint density at radius 3 is 2.75 bits per heavy atom. The van der Waals surface area contributed by atoms with Gasteiger partial charge in [-0.3, -0.25) is 9.78 Å². The molecule has 1 N–H and O–H groups in total. The smallest absolute Gasteiger partial charge is 0.268 e. The van der Waals surface area contributed by atoms with Gasteiger partial charge in [0.05, 0.1) is 0 Å². The number of hydrogen-bond donors (Lipinski definition) is 1. The largest absolute Gasteiger partial charge is 0.347 e. The molecule has 0 bridgehead atoms. The van der Waals surface area contributed by atoms with Crippen molar-refractivity contribution in [3.63, 3.8) is 0 Å². The Morgan fingerprint density at radius 2 is 2.12 bits per heavy atom. The molecule has 0 atom stereocenters. The zero-order valence-corrected chi connectivity index (χ0v) is 9.05. The van der Waals surface area contributed by atoms with Crippen molar-refractivity contribution >= 4 is 5.91 Å². The molecule has 4 heteroatoms. The number of aryl methyl sites for hydroxylation is 1. The minimum Gasteiger partial charge on any atom is -0.347 e. The van der Waals surface area contributed by atoms with Gasteiger partial charge < -0.3 is 9.88 Å². The Hall–Kier alpha value is -2.10. The third kappa shape index (κ3) is 2.28. The maximum absolute atomic E-state index is 11.8. The maximum atomic E-state index is 11.8. The molecule has 0 aliphatic heterocycles. The molecule has 2 aromatic heterocycles. The first-order valence-corrected chi connectivity index (χ1v) is 5.06. The summed E-state index contributed by atoms with van der Waals surface area (Å²) in [5, 5.41) is 2.85. The molecule has 2 rings (SSSR count). The van der Waals surface area contributed by atoms with E-state index in [0.717, 1.165) is 5.56 Å². The fourth-order valence-corrected chi connectivity index (χ4v) is 1.47. The Kier molecular flexibility index (Phi) is 3.00. The Labute approximate surface area is 93.9 Å². The Morgan fingerprint density at radius 1 is 1.38 bits per heavy atom. The van der Waals surface area contributed by atoms with Gasteiger partial charge in [0.2, 0.25) is 0 Å². The Bertz CT molecular complexity index is 476. The summed E-state index contributed by atoms with van der Waals surface area (Å²) in [6, 6.07) is 7.40. The van der Waals surface area contributed by atoms with E-state index in [1.165, 1.54) is 0 Å². The lowest BCUT2D eigenvalue weighted by molar-refractivity contribution is 0.0943. The maximum Gasteiger partial charge on any atom is 0.268 e. The molecule has 0 radical (unpaired) electrons. The summed E-state index contributed by atoms with van der Waals surface area (Å²) in [7, 11) is 1.85. The number of hydrogen-bond acceptors (Lipinski definition) is 2. The number of aromatic nitrogens is 2. The van der Waals surface area contributed by atoms with E-state index in [4.69, 9.17) is 0 Å². The fraction of sp³-hybridized carbons (Fsp3) is 0.167. The number of pyridine rings is 1. The molecule has 0 aliphatic carbocycles. The summed E-state index contributed by atoms with van der Waals surface area (Å²) in [5.41, 5.74) is 1.70. The van der Waals surface area contributed by atoms with Crippen molar-refractivity contribution in [3.05, 3.63) is 54.1 Å². The van der Waals surface area contributed by atoms with Crippen molar-refractivity contribution in [3.8, 4) is 0 Å². The first-order valence-electron chi connectivity index (χ1n) is 5.06. The SMILES string of the molecule is Cn1cccc1C(=O)NCc1ccncc1. The van der Waals surface area contributed by atoms with E-state index in [1.54, 1.807) is 23.0 Å². The summed E-state index contributed by atoms with van der Waals surface area (Å²) in [4.78, 5) is 15.7. The lowest BCUT2D eigenvalue weighted by atomic mass is 10.2. The van der Waals surface area contributed by atoms with Crippen molar-refractivity contribution in [1.82, 2.24) is 14.9 Å². The van der Waals surface area contributed by atoms with Gasteiger partial charge in [0.15, 0.2) is 0 Å². The molecular formula is C12H13N3O. The predicted molar refractivity (Wildman–Crippen MR) is 60.8 cm³/mol. The quantitative estimate of drug-likeness (QED) is 0.840. The van der Waals surface area contributed by atoms with Crippen LogP contribution in [0.25, 0.3) is 0 Å². The molecule has 0 unspecified atom stereocenters. The van der Waals surface area contributed by atoms with Gasteiger partial charge in [0.1, 0.15) is 5.69 Å². The van der Waals surface area contributed by atoms with Gasteiger partial charge in [-0.2, -0.15) is 0 Å². The number of nitrogens with zero attached hydrogens (tertiary/aromatic N) is 2. The molecule has 0 aliphatic rings. The van der Waals surface area contributed by atoms with E-state index in [-0.39, 0.29) is 5.91 Å². The highest BCUT2D eigenvalue weighted by Gasteiger charge is 2.07. The van der Waals surface area contributed by atoms with Crippen LogP contribution in [0.15, 0.2) is 42.9 Å². The van der Waals surface area contributed by atoms with Crippen LogP contribution in [0, 0.1) is 0 Å². The van der Waals surface area contributed by atoms with Crippen LogP contribution in [0.4, 0.5) is 0 Å². The number of rotatable bonds is 3. The van der Waals surface area contributed by atoms with Crippen molar-refractivity contribution in [2.24, 2.45) is 7.05 Å². The average molecular weight is 215 g/mol. The molecule has 82 valence electrons. The second-order valence-electron chi connectivity index (χ2n) is 3.54. The third-order valence-corrected chi connectivity index (χ3v) is 2.38. The number of carbonyl (C=O) groups is 1. The van der Waals surface area contributed by atoms with E-state index >= 15 is 0 Å². The molecule has 0 saturated heterocycles. The van der Waals surface area contributed by atoms with Crippen molar-refractivity contribution in [2.45, 2.75) is 6.54 Å². The van der Waals surface area contributed by atoms with E-state index in [1.807, 2.05) is 31.4 Å². The van der Waals surface area contributed by atoms with Crippen molar-refractivity contribution in [1.29, 1.82) is 0 Å². The number of carbonyl (C=O) groups excluding carboxylic acids is 1. The first-order chi connectivity index (χ1) is 7.77. The summed E-state index contributed by atoms with van der Waals surface area (Å²) in [6.45, 7) is 0.520. The standard InChI is InChI=1S/C12H13N3O/c1-15-8-2-3-11(15)12(16)14-9-10-4-6-13-7-5-10/h2-8H,9H2,1H3,(H,14,16). The molecule has 0 fully saturated rings. The molecular weight excluding hydrogens is 202 g/mol. The topological polar surface area (TPSA) is 46.9 Å². The summed E-state index contributed by atoms with van der Waals surface area (Å²) in [5.74, 6) is -0.0655. The van der Waals surface area contributed by atoms with Crippen LogP contribution < -0.4 is 5.32 Å². The fourth-order valence-electron chi connectivity index (χ4n) is 1.47. The highest BCUT2D eigenvalue weighted by Crippen LogP contribution is 2.00. The number of nitrogens with one attached hydrogen (secondary N) is 1. The molecule has 2 heterocycles. The zero-order chi connectivity index (χ0) is 11.4. The van der Waals surface area contributed by atoms with E-state index in [0.29, 0.717) is 12.2 Å². The van der Waals surface area contributed by atoms with Gasteiger partial charge in [0.25, 0.3) is 5.91 Å². The summed E-state index contributed by atoms with van der Waals surface area (Å²) in [6.07, 6.45) is 5.27. The van der Waals surface area contributed by atoms with Crippen LogP contribution >= 0.6 is 0 Å². The van der Waals surface area contributed by atoms with Gasteiger partial charge in [-0.15, -0.1) is 0 Å². The van der Waals surface area contributed by atoms with E-state index in [9.17, 15) is 4.79 Å². The summed E-state index contributed by atoms with van der Waals surface area (Å²) < 4.78 is 1.79. The predicted octanol–water partition coefficient (Wildman–Crippen LogP) is 1.35. The van der Waals surface area contributed by atoms with Crippen LogP contribution in [-0.4, -0.2) is 15.5 Å². The lowest BCUT2D eigenvalue weighted by Gasteiger charge is -2.05. The minimum absolute atomic E-state index is 0.0655. The van der Waals surface area contributed by atoms with E-state index < -0.39 is 0 Å². The normalized spacial score (nSPS) is 10.1. The second kappa shape index (κ2) is 4.61. The molecule has 4 nitrogen and oxygen atoms in total. The first kappa shape index (κ1) is 10.4. The average Bonchev–Trinajstić information content (AvgIpc) is 2.74. The summed E-state index contributed by atoms with van der Waals surface area (Å²) >= 11 is 0. The zero-order valence-electron chi connectivity index (χ0n) is 9.05. The molecule has 0 aromatic carbocycles. The molecule has 1 amide bonds. The molecule has 16 heavy (non-hydrogen) atoms. The van der Waals surface area contributed by atoms with Gasteiger partial charge in [-0.05, 0) is 29.8 Å². The monoisotopic (exact) mass is 215 g/mol. The van der Waals surface area contributed by atoms with Gasteiger partial charge in [0, 0.05) is 32.2 Å². The van der Waals surface area contributed by atoms with Crippen LogP contribution in [0.1, 0.15) is 16.1 Å². The van der Waals surface area contributed by atoms with Crippen LogP contribution in [-0.2, 0) is 13.6 Å². The van der Waals surface area contributed by atoms with Crippen LogP contribution in [0.2, 0.25) is 0 Å². The minimum atomic E-state index is -0.0655. The Balaban J connectivity index is 1.97. The van der Waals surface area contributed by atoms with Gasteiger partial charge in [-0.25, -0.2) is 0 Å². The third-order valence-electron chi connectivity index (χ3n) is 2.38.